The van der Waals surface area contributed by atoms with Gasteiger partial charge in [0.15, 0.2) is 0 Å². The Hall–Kier alpha value is -1.92. The Morgan fingerprint density at radius 1 is 1.19 bits per heavy atom. The Kier molecular flexibility index (Phi) is 7.60. The van der Waals surface area contributed by atoms with Gasteiger partial charge in [0.05, 0.1) is 19.3 Å². The van der Waals surface area contributed by atoms with Gasteiger partial charge in [-0.05, 0) is 31.9 Å². The number of rotatable bonds is 7. The van der Waals surface area contributed by atoms with Gasteiger partial charge >= 0.3 is 0 Å². The van der Waals surface area contributed by atoms with Crippen LogP contribution in [0.5, 0.6) is 0 Å². The van der Waals surface area contributed by atoms with E-state index in [0.29, 0.717) is 24.6 Å². The molecule has 2 N–H and O–H groups in total. The monoisotopic (exact) mass is 361 g/mol. The van der Waals surface area contributed by atoms with Gasteiger partial charge in [-0.15, -0.1) is 0 Å². The number of benzene rings is 1. The Balaban J connectivity index is 1.72. The van der Waals surface area contributed by atoms with Crippen LogP contribution >= 0.6 is 0 Å². The van der Waals surface area contributed by atoms with Gasteiger partial charge < -0.3 is 15.4 Å². The SMILES string of the molecule is Cc1cc(C)cc(C(=O)NCC(=O)NC[C@H]2CN(CC(C)C)CCO2)c1. The number of carbonyl (C=O) groups is 2. The highest BCUT2D eigenvalue weighted by Gasteiger charge is 2.21. The summed E-state index contributed by atoms with van der Waals surface area (Å²) in [6, 6.07) is 5.65. The third-order valence-corrected chi connectivity index (χ3v) is 4.27. The number of carbonyl (C=O) groups excluding carboxylic acids is 2. The zero-order valence-corrected chi connectivity index (χ0v) is 16.3. The van der Waals surface area contributed by atoms with Crippen molar-refractivity contribution in [2.24, 2.45) is 5.92 Å². The standard InChI is InChI=1S/C20H31N3O3/c1-14(2)12-23-5-6-26-18(13-23)10-21-19(24)11-22-20(25)17-8-15(3)7-16(4)9-17/h7-9,14,18H,5-6,10-13H2,1-4H3,(H,21,24)(H,22,25)/t18-/m0/s1. The first kappa shape index (κ1) is 20.4. The minimum Gasteiger partial charge on any atom is -0.374 e. The molecule has 1 aliphatic rings. The van der Waals surface area contributed by atoms with Crippen LogP contribution in [0.4, 0.5) is 0 Å². The number of aryl methyl sites for hydroxylation is 2. The van der Waals surface area contributed by atoms with Crippen LogP contribution in [0.2, 0.25) is 0 Å². The molecule has 6 nitrogen and oxygen atoms in total. The fourth-order valence-electron chi connectivity index (χ4n) is 3.24. The normalized spacial score (nSPS) is 18.0. The van der Waals surface area contributed by atoms with E-state index in [0.717, 1.165) is 30.8 Å². The molecule has 26 heavy (non-hydrogen) atoms. The van der Waals surface area contributed by atoms with E-state index in [1.54, 1.807) is 0 Å². The Morgan fingerprint density at radius 2 is 1.88 bits per heavy atom. The molecule has 1 atom stereocenters. The number of hydrogen-bond donors (Lipinski definition) is 2. The van der Waals surface area contributed by atoms with Crippen LogP contribution in [-0.2, 0) is 9.53 Å². The topological polar surface area (TPSA) is 70.7 Å². The number of nitrogens with zero attached hydrogens (tertiary/aromatic N) is 1. The maximum absolute atomic E-state index is 12.2. The highest BCUT2D eigenvalue weighted by Crippen LogP contribution is 2.09. The summed E-state index contributed by atoms with van der Waals surface area (Å²) < 4.78 is 5.72. The third kappa shape index (κ3) is 6.77. The largest absolute Gasteiger partial charge is 0.374 e. The molecule has 1 fully saturated rings. The highest BCUT2D eigenvalue weighted by molar-refractivity contribution is 5.96. The quantitative estimate of drug-likeness (QED) is 0.772. The van der Waals surface area contributed by atoms with E-state index in [1.165, 1.54) is 0 Å². The first-order chi connectivity index (χ1) is 12.3. The summed E-state index contributed by atoms with van der Waals surface area (Å²) in [7, 11) is 0. The van der Waals surface area contributed by atoms with Gasteiger partial charge in [0.2, 0.25) is 5.91 Å². The van der Waals surface area contributed by atoms with Crippen molar-refractivity contribution < 1.29 is 14.3 Å². The Morgan fingerprint density at radius 3 is 2.54 bits per heavy atom. The summed E-state index contributed by atoms with van der Waals surface area (Å²) in [6.45, 7) is 12.2. The second kappa shape index (κ2) is 9.69. The molecule has 0 radical (unpaired) electrons. The van der Waals surface area contributed by atoms with Crippen molar-refractivity contribution in [3.05, 3.63) is 34.9 Å². The molecule has 1 aromatic rings. The minimum atomic E-state index is -0.232. The fraction of sp³-hybridized carbons (Fsp3) is 0.600. The molecule has 0 saturated carbocycles. The van der Waals surface area contributed by atoms with Gasteiger partial charge in [-0.1, -0.05) is 31.0 Å². The first-order valence-electron chi connectivity index (χ1n) is 9.30. The molecular formula is C20H31N3O3. The van der Waals surface area contributed by atoms with Crippen molar-refractivity contribution in [2.45, 2.75) is 33.8 Å². The Bertz CT molecular complexity index is 610. The maximum Gasteiger partial charge on any atom is 0.251 e. The molecule has 1 aromatic carbocycles. The predicted octanol–water partition coefficient (Wildman–Crippen LogP) is 1.51. The molecule has 0 unspecified atom stereocenters. The van der Waals surface area contributed by atoms with Crippen LogP contribution in [-0.4, -0.2) is 62.1 Å². The molecule has 6 heteroatoms. The molecule has 1 heterocycles. The lowest BCUT2D eigenvalue weighted by atomic mass is 10.1. The van der Waals surface area contributed by atoms with E-state index in [2.05, 4.69) is 29.4 Å². The van der Waals surface area contributed by atoms with Crippen molar-refractivity contribution in [1.82, 2.24) is 15.5 Å². The van der Waals surface area contributed by atoms with E-state index in [9.17, 15) is 9.59 Å². The van der Waals surface area contributed by atoms with Gasteiger partial charge in [-0.25, -0.2) is 0 Å². The van der Waals surface area contributed by atoms with Crippen LogP contribution < -0.4 is 10.6 Å². The molecule has 1 saturated heterocycles. The van der Waals surface area contributed by atoms with E-state index < -0.39 is 0 Å². The summed E-state index contributed by atoms with van der Waals surface area (Å²) in [5, 5.41) is 5.52. The summed E-state index contributed by atoms with van der Waals surface area (Å²) in [5.74, 6) is 0.181. The van der Waals surface area contributed by atoms with Crippen molar-refractivity contribution in [1.29, 1.82) is 0 Å². The van der Waals surface area contributed by atoms with E-state index in [-0.39, 0.29) is 24.5 Å². The highest BCUT2D eigenvalue weighted by atomic mass is 16.5. The van der Waals surface area contributed by atoms with E-state index >= 15 is 0 Å². The van der Waals surface area contributed by atoms with Crippen LogP contribution in [0.25, 0.3) is 0 Å². The maximum atomic E-state index is 12.2. The first-order valence-corrected chi connectivity index (χ1v) is 9.30. The number of ether oxygens (including phenoxy) is 1. The van der Waals surface area contributed by atoms with Gasteiger partial charge in [-0.3, -0.25) is 14.5 Å². The summed E-state index contributed by atoms with van der Waals surface area (Å²) in [5.41, 5.74) is 2.63. The molecule has 0 spiro atoms. The lowest BCUT2D eigenvalue weighted by Gasteiger charge is -2.33. The van der Waals surface area contributed by atoms with Crippen molar-refractivity contribution in [2.75, 3.05) is 39.3 Å². The van der Waals surface area contributed by atoms with Gasteiger partial charge in [0, 0.05) is 31.7 Å². The van der Waals surface area contributed by atoms with Gasteiger partial charge in [-0.2, -0.15) is 0 Å². The summed E-state index contributed by atoms with van der Waals surface area (Å²) in [6.07, 6.45) is 0.00146. The van der Waals surface area contributed by atoms with Gasteiger partial charge in [0.1, 0.15) is 0 Å². The number of morpholine rings is 1. The number of amides is 2. The molecule has 0 bridgehead atoms. The molecule has 2 amide bonds. The lowest BCUT2D eigenvalue weighted by Crippen LogP contribution is -2.49. The second-order valence-corrected chi connectivity index (χ2v) is 7.51. The van der Waals surface area contributed by atoms with Gasteiger partial charge in [0.25, 0.3) is 5.91 Å². The van der Waals surface area contributed by atoms with Crippen molar-refractivity contribution >= 4 is 11.8 Å². The smallest absolute Gasteiger partial charge is 0.251 e. The van der Waals surface area contributed by atoms with Crippen LogP contribution in [0, 0.1) is 19.8 Å². The lowest BCUT2D eigenvalue weighted by molar-refractivity contribution is -0.121. The Labute approximate surface area is 156 Å². The number of nitrogens with one attached hydrogen (secondary N) is 2. The van der Waals surface area contributed by atoms with E-state index in [1.807, 2.05) is 32.0 Å². The number of hydrogen-bond acceptors (Lipinski definition) is 4. The molecular weight excluding hydrogens is 330 g/mol. The van der Waals surface area contributed by atoms with Crippen molar-refractivity contribution in [3.8, 4) is 0 Å². The third-order valence-electron chi connectivity index (χ3n) is 4.27. The summed E-state index contributed by atoms with van der Waals surface area (Å²) in [4.78, 5) is 26.6. The van der Waals surface area contributed by atoms with E-state index in [4.69, 9.17) is 4.74 Å². The zero-order valence-electron chi connectivity index (χ0n) is 16.3. The molecule has 1 aliphatic heterocycles. The van der Waals surface area contributed by atoms with Crippen LogP contribution in [0.15, 0.2) is 18.2 Å². The van der Waals surface area contributed by atoms with Crippen molar-refractivity contribution in [3.63, 3.8) is 0 Å². The molecule has 144 valence electrons. The molecule has 0 aromatic heterocycles. The van der Waals surface area contributed by atoms with Crippen LogP contribution in [0.3, 0.4) is 0 Å². The second-order valence-electron chi connectivity index (χ2n) is 7.51. The zero-order chi connectivity index (χ0) is 19.1. The minimum absolute atomic E-state index is 0.00146. The predicted molar refractivity (Wildman–Crippen MR) is 102 cm³/mol. The van der Waals surface area contributed by atoms with Crippen LogP contribution in [0.1, 0.15) is 35.3 Å². The average Bonchev–Trinajstić information content (AvgIpc) is 2.56. The fourth-order valence-corrected chi connectivity index (χ4v) is 3.24. The molecule has 0 aliphatic carbocycles. The average molecular weight is 361 g/mol. The summed E-state index contributed by atoms with van der Waals surface area (Å²) >= 11 is 0. The molecule has 2 rings (SSSR count).